The maximum absolute atomic E-state index is 12.8. The standard InChI is InChI=1S/C26H29N3O3/c1-19-7-5-13-29(17-19)18-22-9-3-2-8-21(22)16-27-25(30)20-10-4-11-23(15-20)28-26(31)24-12-6-14-32-24/h2-4,6,8-12,14-15,19H,5,7,13,16-18H2,1H3,(H,27,30)(H,28,31). The maximum atomic E-state index is 12.8. The summed E-state index contributed by atoms with van der Waals surface area (Å²) in [7, 11) is 0. The first-order valence-corrected chi connectivity index (χ1v) is 11.1. The zero-order valence-corrected chi connectivity index (χ0v) is 18.3. The highest BCUT2D eigenvalue weighted by molar-refractivity contribution is 6.03. The Bertz CT molecular complexity index is 1060. The van der Waals surface area contributed by atoms with E-state index in [0.29, 0.717) is 17.8 Å². The summed E-state index contributed by atoms with van der Waals surface area (Å²) in [6, 6.07) is 18.4. The molecule has 2 N–H and O–H groups in total. The highest BCUT2D eigenvalue weighted by Gasteiger charge is 2.17. The number of hydrogen-bond acceptors (Lipinski definition) is 4. The van der Waals surface area contributed by atoms with Crippen molar-refractivity contribution in [3.8, 4) is 0 Å². The molecule has 1 aromatic heterocycles. The molecule has 2 heterocycles. The van der Waals surface area contributed by atoms with Crippen molar-refractivity contribution in [2.24, 2.45) is 5.92 Å². The zero-order chi connectivity index (χ0) is 22.3. The fraction of sp³-hybridized carbons (Fsp3) is 0.308. The third-order valence-corrected chi connectivity index (χ3v) is 5.82. The van der Waals surface area contributed by atoms with Crippen LogP contribution < -0.4 is 10.6 Å². The molecule has 0 radical (unpaired) electrons. The summed E-state index contributed by atoms with van der Waals surface area (Å²) in [5, 5.41) is 5.77. The van der Waals surface area contributed by atoms with Crippen LogP contribution in [-0.4, -0.2) is 29.8 Å². The van der Waals surface area contributed by atoms with Gasteiger partial charge in [0.25, 0.3) is 11.8 Å². The number of furan rings is 1. The third-order valence-electron chi connectivity index (χ3n) is 5.82. The first-order valence-electron chi connectivity index (χ1n) is 11.1. The van der Waals surface area contributed by atoms with Gasteiger partial charge in [-0.15, -0.1) is 0 Å². The molecular weight excluding hydrogens is 402 g/mol. The summed E-state index contributed by atoms with van der Waals surface area (Å²) in [5.41, 5.74) is 3.41. The summed E-state index contributed by atoms with van der Waals surface area (Å²) >= 11 is 0. The molecule has 1 aliphatic heterocycles. The van der Waals surface area contributed by atoms with E-state index in [2.05, 4.69) is 40.7 Å². The van der Waals surface area contributed by atoms with Crippen LogP contribution in [0.3, 0.4) is 0 Å². The van der Waals surface area contributed by atoms with Crippen LogP contribution in [0.5, 0.6) is 0 Å². The van der Waals surface area contributed by atoms with Crippen molar-refractivity contribution in [2.45, 2.75) is 32.9 Å². The molecule has 4 rings (SSSR count). The Morgan fingerprint density at radius 2 is 1.88 bits per heavy atom. The third kappa shape index (κ3) is 5.65. The number of benzene rings is 2. The molecule has 1 atom stereocenters. The zero-order valence-electron chi connectivity index (χ0n) is 18.3. The van der Waals surface area contributed by atoms with Crippen LogP contribution in [0.15, 0.2) is 71.3 Å². The lowest BCUT2D eigenvalue weighted by Crippen LogP contribution is -2.34. The molecule has 0 saturated carbocycles. The fourth-order valence-corrected chi connectivity index (χ4v) is 4.17. The van der Waals surface area contributed by atoms with Crippen LogP contribution in [0.2, 0.25) is 0 Å². The molecule has 1 unspecified atom stereocenters. The number of carbonyl (C=O) groups is 2. The van der Waals surface area contributed by atoms with E-state index in [-0.39, 0.29) is 17.6 Å². The average molecular weight is 432 g/mol. The summed E-state index contributed by atoms with van der Waals surface area (Å²) in [6.45, 7) is 5.92. The minimum atomic E-state index is -0.353. The van der Waals surface area contributed by atoms with Crippen molar-refractivity contribution < 1.29 is 14.0 Å². The van der Waals surface area contributed by atoms with E-state index in [9.17, 15) is 9.59 Å². The van der Waals surface area contributed by atoms with Crippen molar-refractivity contribution in [3.05, 3.63) is 89.4 Å². The molecule has 2 amide bonds. The first-order chi connectivity index (χ1) is 15.6. The molecule has 1 saturated heterocycles. The Kier molecular flexibility index (Phi) is 7.02. The average Bonchev–Trinajstić information content (AvgIpc) is 3.34. The molecule has 166 valence electrons. The topological polar surface area (TPSA) is 74.6 Å². The minimum absolute atomic E-state index is 0.180. The van der Waals surface area contributed by atoms with Gasteiger partial charge in [0.15, 0.2) is 5.76 Å². The maximum Gasteiger partial charge on any atom is 0.291 e. The summed E-state index contributed by atoms with van der Waals surface area (Å²) in [6.07, 6.45) is 3.99. The van der Waals surface area contributed by atoms with Gasteiger partial charge in [-0.1, -0.05) is 37.3 Å². The lowest BCUT2D eigenvalue weighted by atomic mass is 9.99. The van der Waals surface area contributed by atoms with Gasteiger partial charge in [0.05, 0.1) is 6.26 Å². The number of carbonyl (C=O) groups excluding carboxylic acids is 2. The summed E-state index contributed by atoms with van der Waals surface area (Å²) in [5.74, 6) is 0.421. The Morgan fingerprint density at radius 1 is 1.03 bits per heavy atom. The second kappa shape index (κ2) is 10.3. The fourth-order valence-electron chi connectivity index (χ4n) is 4.17. The number of nitrogens with zero attached hydrogens (tertiary/aromatic N) is 1. The normalized spacial score (nSPS) is 16.5. The van der Waals surface area contributed by atoms with Gasteiger partial charge in [-0.25, -0.2) is 0 Å². The van der Waals surface area contributed by atoms with Crippen LogP contribution in [-0.2, 0) is 13.1 Å². The van der Waals surface area contributed by atoms with E-state index < -0.39 is 0 Å². The van der Waals surface area contributed by atoms with Crippen LogP contribution in [0.4, 0.5) is 5.69 Å². The molecule has 6 heteroatoms. The lowest BCUT2D eigenvalue weighted by molar-refractivity contribution is 0.0948. The van der Waals surface area contributed by atoms with Crippen molar-refractivity contribution in [3.63, 3.8) is 0 Å². The smallest absolute Gasteiger partial charge is 0.291 e. The molecule has 2 aromatic carbocycles. The molecule has 32 heavy (non-hydrogen) atoms. The molecule has 6 nitrogen and oxygen atoms in total. The van der Waals surface area contributed by atoms with Crippen molar-refractivity contribution in [1.82, 2.24) is 10.2 Å². The Hall–Kier alpha value is -3.38. The van der Waals surface area contributed by atoms with Crippen LogP contribution in [0.25, 0.3) is 0 Å². The predicted octanol–water partition coefficient (Wildman–Crippen LogP) is 4.69. The molecule has 0 aliphatic carbocycles. The molecule has 0 spiro atoms. The SMILES string of the molecule is CC1CCCN(Cc2ccccc2CNC(=O)c2cccc(NC(=O)c3ccco3)c2)C1. The van der Waals surface area contributed by atoms with Crippen LogP contribution >= 0.6 is 0 Å². The van der Waals surface area contributed by atoms with Gasteiger partial charge in [-0.2, -0.15) is 0 Å². The molecular formula is C26H29N3O3. The summed E-state index contributed by atoms with van der Waals surface area (Å²) in [4.78, 5) is 27.5. The molecule has 0 bridgehead atoms. The number of likely N-dealkylation sites (tertiary alicyclic amines) is 1. The second-order valence-corrected chi connectivity index (χ2v) is 8.45. The molecule has 3 aromatic rings. The van der Waals surface area contributed by atoms with E-state index in [1.165, 1.54) is 24.7 Å². The molecule has 1 fully saturated rings. The summed E-state index contributed by atoms with van der Waals surface area (Å²) < 4.78 is 5.11. The van der Waals surface area contributed by atoms with Crippen molar-refractivity contribution in [1.29, 1.82) is 0 Å². The van der Waals surface area contributed by atoms with Gasteiger partial charge in [0.1, 0.15) is 0 Å². The van der Waals surface area contributed by atoms with E-state index >= 15 is 0 Å². The van der Waals surface area contributed by atoms with Gasteiger partial charge in [0, 0.05) is 30.9 Å². The first kappa shape index (κ1) is 21.8. The second-order valence-electron chi connectivity index (χ2n) is 8.45. The highest BCUT2D eigenvalue weighted by atomic mass is 16.3. The number of anilines is 1. The van der Waals surface area contributed by atoms with E-state index in [1.807, 2.05) is 6.07 Å². The van der Waals surface area contributed by atoms with Crippen LogP contribution in [0, 0.1) is 5.92 Å². The van der Waals surface area contributed by atoms with Gasteiger partial charge in [0.2, 0.25) is 0 Å². The van der Waals surface area contributed by atoms with E-state index in [4.69, 9.17) is 4.42 Å². The van der Waals surface area contributed by atoms with Gasteiger partial charge < -0.3 is 15.1 Å². The Morgan fingerprint density at radius 3 is 2.66 bits per heavy atom. The van der Waals surface area contributed by atoms with Gasteiger partial charge in [-0.05, 0) is 66.8 Å². The van der Waals surface area contributed by atoms with Gasteiger partial charge in [-0.3, -0.25) is 14.5 Å². The van der Waals surface area contributed by atoms with Crippen LogP contribution in [0.1, 0.15) is 51.8 Å². The Labute approximate surface area is 188 Å². The number of hydrogen-bond donors (Lipinski definition) is 2. The molecule has 1 aliphatic rings. The minimum Gasteiger partial charge on any atom is -0.459 e. The van der Waals surface area contributed by atoms with E-state index in [1.54, 1.807) is 36.4 Å². The van der Waals surface area contributed by atoms with E-state index in [0.717, 1.165) is 31.1 Å². The highest BCUT2D eigenvalue weighted by Crippen LogP contribution is 2.20. The van der Waals surface area contributed by atoms with Crippen molar-refractivity contribution >= 4 is 17.5 Å². The largest absolute Gasteiger partial charge is 0.459 e. The Balaban J connectivity index is 1.37. The monoisotopic (exact) mass is 431 g/mol. The quantitative estimate of drug-likeness (QED) is 0.569. The number of rotatable bonds is 7. The van der Waals surface area contributed by atoms with Crippen molar-refractivity contribution in [2.75, 3.05) is 18.4 Å². The number of piperidine rings is 1. The number of amides is 2. The predicted molar refractivity (Wildman–Crippen MR) is 124 cm³/mol. The number of nitrogens with one attached hydrogen (secondary N) is 2. The lowest BCUT2D eigenvalue weighted by Gasteiger charge is -2.31. The van der Waals surface area contributed by atoms with Gasteiger partial charge >= 0.3 is 0 Å².